The fourth-order valence-corrected chi connectivity index (χ4v) is 4.35. The molecule has 1 unspecified atom stereocenters. The smallest absolute Gasteiger partial charge is 0.263 e. The zero-order valence-electron chi connectivity index (χ0n) is 18.7. The zero-order valence-corrected chi connectivity index (χ0v) is 18.7. The van der Waals surface area contributed by atoms with Crippen molar-refractivity contribution in [2.45, 2.75) is 58.0 Å². The molecule has 7 nitrogen and oxygen atoms in total. The summed E-state index contributed by atoms with van der Waals surface area (Å²) in [6.07, 6.45) is 4.19. The van der Waals surface area contributed by atoms with E-state index in [1.807, 2.05) is 19.1 Å². The van der Waals surface area contributed by atoms with E-state index in [1.54, 1.807) is 15.9 Å². The molecular formula is C24H33N3O4. The van der Waals surface area contributed by atoms with Crippen molar-refractivity contribution in [3.63, 3.8) is 0 Å². The average Bonchev–Trinajstić information content (AvgIpc) is 3.02. The summed E-state index contributed by atoms with van der Waals surface area (Å²) in [7, 11) is 0. The van der Waals surface area contributed by atoms with Crippen LogP contribution < -0.4 is 4.90 Å². The molecule has 31 heavy (non-hydrogen) atoms. The predicted octanol–water partition coefficient (Wildman–Crippen LogP) is 3.62. The van der Waals surface area contributed by atoms with Crippen LogP contribution in [0.5, 0.6) is 0 Å². The van der Waals surface area contributed by atoms with Gasteiger partial charge < -0.3 is 19.3 Å². The van der Waals surface area contributed by atoms with Crippen molar-refractivity contribution in [2.24, 2.45) is 0 Å². The number of hydrogen-bond acceptors (Lipinski definition) is 5. The Labute approximate surface area is 184 Å². The molecule has 1 aromatic rings. The van der Waals surface area contributed by atoms with Crippen molar-refractivity contribution in [3.8, 4) is 6.07 Å². The van der Waals surface area contributed by atoms with Gasteiger partial charge >= 0.3 is 0 Å². The van der Waals surface area contributed by atoms with E-state index in [1.165, 1.54) is 0 Å². The van der Waals surface area contributed by atoms with Gasteiger partial charge in [-0.05, 0) is 37.5 Å². The maximum atomic E-state index is 13.7. The summed E-state index contributed by atoms with van der Waals surface area (Å²) in [4.78, 5) is 30.3. The minimum Gasteiger partial charge on any atom is -0.378 e. The minimum absolute atomic E-state index is 0.0413. The summed E-state index contributed by atoms with van der Waals surface area (Å²) in [5, 5.41) is 8.92. The van der Waals surface area contributed by atoms with Crippen LogP contribution in [-0.4, -0.2) is 56.2 Å². The maximum Gasteiger partial charge on any atom is 0.263 e. The van der Waals surface area contributed by atoms with E-state index in [0.29, 0.717) is 64.3 Å². The van der Waals surface area contributed by atoms with E-state index in [4.69, 9.17) is 14.7 Å². The van der Waals surface area contributed by atoms with E-state index in [2.05, 4.69) is 13.0 Å². The lowest BCUT2D eigenvalue weighted by Gasteiger charge is -2.30. The number of amides is 2. The van der Waals surface area contributed by atoms with Crippen LogP contribution in [0.15, 0.2) is 18.2 Å². The lowest BCUT2D eigenvalue weighted by atomic mass is 9.89. The van der Waals surface area contributed by atoms with Gasteiger partial charge in [-0.15, -0.1) is 0 Å². The Morgan fingerprint density at radius 3 is 2.68 bits per heavy atom. The Morgan fingerprint density at radius 1 is 1.23 bits per heavy atom. The molecule has 1 fully saturated rings. The summed E-state index contributed by atoms with van der Waals surface area (Å²) < 4.78 is 11.7. The number of rotatable bonds is 10. The number of morpholine rings is 1. The van der Waals surface area contributed by atoms with Crippen molar-refractivity contribution in [3.05, 3.63) is 29.3 Å². The number of carbonyl (C=O) groups excluding carboxylic acids is 2. The number of anilines is 1. The number of unbranched alkanes of at least 4 members (excludes halogenated alkanes) is 2. The number of fused-ring (bicyclic) bond motifs is 1. The zero-order chi connectivity index (χ0) is 22.3. The highest BCUT2D eigenvalue weighted by atomic mass is 16.5. The number of nitriles is 1. The molecule has 2 aliphatic rings. The van der Waals surface area contributed by atoms with E-state index in [0.717, 1.165) is 30.5 Å². The van der Waals surface area contributed by atoms with Crippen LogP contribution in [0.4, 0.5) is 5.69 Å². The summed E-state index contributed by atoms with van der Waals surface area (Å²) in [5.41, 5.74) is 1.09. The Bertz CT molecular complexity index is 829. The molecule has 0 radical (unpaired) electrons. The molecule has 1 saturated heterocycles. The second-order valence-electron chi connectivity index (χ2n) is 8.13. The van der Waals surface area contributed by atoms with Crippen molar-refractivity contribution in [1.82, 2.24) is 4.90 Å². The lowest BCUT2D eigenvalue weighted by molar-refractivity contribution is -0.145. The molecule has 2 aliphatic heterocycles. The molecule has 0 N–H and O–H groups in total. The molecule has 1 aromatic carbocycles. The molecule has 1 atom stereocenters. The first kappa shape index (κ1) is 23.2. The van der Waals surface area contributed by atoms with Crippen LogP contribution in [-0.2, 0) is 19.9 Å². The summed E-state index contributed by atoms with van der Waals surface area (Å²) in [6.45, 7) is 7.33. The standard InChI is InChI=1S/C24H33N3O4/c1-3-5-15-31-24(10-4-2)20-18-19(22(28)26-13-16-30-17-14-26)8-9-21(20)27(23(24)29)12-7-6-11-25/h8-9,18H,3-7,10,12-17H2,1-2H3. The molecule has 2 amide bonds. The van der Waals surface area contributed by atoms with Gasteiger partial charge in [-0.25, -0.2) is 0 Å². The second-order valence-corrected chi connectivity index (χ2v) is 8.13. The van der Waals surface area contributed by atoms with Crippen molar-refractivity contribution in [1.29, 1.82) is 5.26 Å². The molecular weight excluding hydrogens is 394 g/mol. The summed E-state index contributed by atoms with van der Waals surface area (Å²) in [5.74, 6) is -0.116. The van der Waals surface area contributed by atoms with Crippen LogP contribution in [0.1, 0.15) is 68.3 Å². The number of nitrogens with zero attached hydrogens (tertiary/aromatic N) is 3. The van der Waals surface area contributed by atoms with Crippen LogP contribution in [0.2, 0.25) is 0 Å². The third kappa shape index (κ3) is 4.76. The lowest BCUT2D eigenvalue weighted by Crippen LogP contribution is -2.43. The van der Waals surface area contributed by atoms with Gasteiger partial charge in [0.25, 0.3) is 11.8 Å². The highest BCUT2D eigenvalue weighted by Crippen LogP contribution is 2.46. The highest BCUT2D eigenvalue weighted by molar-refractivity contribution is 6.08. The molecule has 0 bridgehead atoms. The monoisotopic (exact) mass is 427 g/mol. The van der Waals surface area contributed by atoms with Crippen molar-refractivity contribution < 1.29 is 19.1 Å². The minimum atomic E-state index is -1.06. The summed E-state index contributed by atoms with van der Waals surface area (Å²) >= 11 is 0. The van der Waals surface area contributed by atoms with E-state index >= 15 is 0 Å². The normalized spacial score (nSPS) is 20.6. The van der Waals surface area contributed by atoms with Crippen LogP contribution >= 0.6 is 0 Å². The van der Waals surface area contributed by atoms with E-state index < -0.39 is 5.60 Å². The van der Waals surface area contributed by atoms with Gasteiger partial charge in [0, 0.05) is 43.8 Å². The van der Waals surface area contributed by atoms with Gasteiger partial charge in [0.05, 0.1) is 25.0 Å². The molecule has 0 saturated carbocycles. The van der Waals surface area contributed by atoms with Crippen LogP contribution in [0.25, 0.3) is 0 Å². The fraction of sp³-hybridized carbons (Fsp3) is 0.625. The predicted molar refractivity (Wildman–Crippen MR) is 118 cm³/mol. The third-order valence-electron chi connectivity index (χ3n) is 5.98. The molecule has 0 aromatic heterocycles. The summed E-state index contributed by atoms with van der Waals surface area (Å²) in [6, 6.07) is 7.68. The van der Waals surface area contributed by atoms with Crippen molar-refractivity contribution in [2.75, 3.05) is 44.4 Å². The third-order valence-corrected chi connectivity index (χ3v) is 5.98. The number of hydrogen-bond donors (Lipinski definition) is 0. The fourth-order valence-electron chi connectivity index (χ4n) is 4.35. The van der Waals surface area contributed by atoms with Crippen LogP contribution in [0.3, 0.4) is 0 Å². The first-order chi connectivity index (χ1) is 15.1. The Hall–Kier alpha value is -2.43. The number of carbonyl (C=O) groups is 2. The average molecular weight is 428 g/mol. The highest BCUT2D eigenvalue weighted by Gasteiger charge is 2.51. The number of ether oxygens (including phenoxy) is 2. The molecule has 168 valence electrons. The van der Waals surface area contributed by atoms with E-state index in [-0.39, 0.29) is 11.8 Å². The Balaban J connectivity index is 1.99. The van der Waals surface area contributed by atoms with Gasteiger partial charge in [0.15, 0.2) is 5.60 Å². The topological polar surface area (TPSA) is 82.9 Å². The molecule has 0 aliphatic carbocycles. The maximum absolute atomic E-state index is 13.7. The van der Waals surface area contributed by atoms with Crippen LogP contribution in [0, 0.1) is 11.3 Å². The molecule has 7 heteroatoms. The van der Waals surface area contributed by atoms with E-state index in [9.17, 15) is 9.59 Å². The van der Waals surface area contributed by atoms with Gasteiger partial charge in [0.1, 0.15) is 0 Å². The van der Waals surface area contributed by atoms with Gasteiger partial charge in [-0.2, -0.15) is 5.26 Å². The van der Waals surface area contributed by atoms with Crippen molar-refractivity contribution >= 4 is 17.5 Å². The Kier molecular flexibility index (Phi) is 8.05. The van der Waals surface area contributed by atoms with Gasteiger partial charge in [-0.3, -0.25) is 9.59 Å². The molecule has 0 spiro atoms. The largest absolute Gasteiger partial charge is 0.378 e. The Morgan fingerprint density at radius 2 is 2.00 bits per heavy atom. The first-order valence-electron chi connectivity index (χ1n) is 11.4. The van der Waals surface area contributed by atoms with Gasteiger partial charge in [0.2, 0.25) is 0 Å². The molecule has 2 heterocycles. The second kappa shape index (κ2) is 10.7. The number of benzene rings is 1. The first-order valence-corrected chi connectivity index (χ1v) is 11.4. The SMILES string of the molecule is CCCCOC1(CCC)C(=O)N(CCCC#N)c2ccc(C(=O)N3CCOCC3)cc21. The molecule has 3 rings (SSSR count). The quantitative estimate of drug-likeness (QED) is 0.533. The van der Waals surface area contributed by atoms with Gasteiger partial charge in [-0.1, -0.05) is 26.7 Å².